The van der Waals surface area contributed by atoms with Crippen molar-refractivity contribution in [3.05, 3.63) is 48.6 Å². The summed E-state index contributed by atoms with van der Waals surface area (Å²) >= 11 is 0. The highest BCUT2D eigenvalue weighted by Crippen LogP contribution is 2.10. The molecule has 1 unspecified atom stereocenters. The highest BCUT2D eigenvalue weighted by molar-refractivity contribution is 5.60. The van der Waals surface area contributed by atoms with Crippen LogP contribution in [-0.2, 0) is 20.8 Å². The first-order valence-electron chi connectivity index (χ1n) is 6.54. The lowest BCUT2D eigenvalue weighted by molar-refractivity contribution is -0.0373. The van der Waals surface area contributed by atoms with Gasteiger partial charge in [-0.1, -0.05) is 36.9 Å². The van der Waals surface area contributed by atoms with Crippen molar-refractivity contribution < 1.29 is 19.0 Å². The quantitative estimate of drug-likeness (QED) is 0.588. The van der Waals surface area contributed by atoms with Crippen molar-refractivity contribution in [2.45, 2.75) is 39.1 Å². The van der Waals surface area contributed by atoms with Gasteiger partial charge >= 0.3 is 6.16 Å². The van der Waals surface area contributed by atoms with Crippen molar-refractivity contribution in [3.8, 4) is 0 Å². The first-order chi connectivity index (χ1) is 9.40. The Morgan fingerprint density at radius 3 is 2.50 bits per heavy atom. The second kappa shape index (κ2) is 7.70. The molecule has 4 heteroatoms. The Balaban J connectivity index is 2.33. The van der Waals surface area contributed by atoms with E-state index in [-0.39, 0.29) is 6.61 Å². The molecule has 4 nitrogen and oxygen atoms in total. The second-order valence-electron chi connectivity index (χ2n) is 5.36. The van der Waals surface area contributed by atoms with Gasteiger partial charge in [0.05, 0.1) is 13.2 Å². The fraction of sp³-hybridized carbons (Fsp3) is 0.438. The average molecular weight is 278 g/mol. The monoisotopic (exact) mass is 278 g/mol. The fourth-order valence-electron chi connectivity index (χ4n) is 1.41. The van der Waals surface area contributed by atoms with Gasteiger partial charge < -0.3 is 14.2 Å². The minimum absolute atomic E-state index is 0.248. The lowest BCUT2D eigenvalue weighted by atomic mass is 10.2. The van der Waals surface area contributed by atoms with E-state index >= 15 is 0 Å². The standard InChI is InChI=1S/C16H22O4/c1-5-14(19-15(17)20-16(2,3)4)12-18-11-13-9-7-6-8-10-13/h5-10,14H,1,11-12H2,2-4H3. The fourth-order valence-corrected chi connectivity index (χ4v) is 1.41. The summed E-state index contributed by atoms with van der Waals surface area (Å²) in [6.45, 7) is 9.67. The zero-order valence-corrected chi connectivity index (χ0v) is 12.3. The number of hydrogen-bond acceptors (Lipinski definition) is 4. The van der Waals surface area contributed by atoms with Gasteiger partial charge in [-0.3, -0.25) is 0 Å². The average Bonchev–Trinajstić information content (AvgIpc) is 2.36. The Morgan fingerprint density at radius 2 is 1.95 bits per heavy atom. The Kier molecular flexibility index (Phi) is 6.25. The lowest BCUT2D eigenvalue weighted by Crippen LogP contribution is -2.28. The molecular weight excluding hydrogens is 256 g/mol. The maximum atomic E-state index is 11.5. The summed E-state index contributed by atoms with van der Waals surface area (Å²) in [7, 11) is 0. The third-order valence-corrected chi connectivity index (χ3v) is 2.29. The van der Waals surface area contributed by atoms with Crippen LogP contribution in [0, 0.1) is 0 Å². The Morgan fingerprint density at radius 1 is 1.30 bits per heavy atom. The van der Waals surface area contributed by atoms with Crippen molar-refractivity contribution in [2.75, 3.05) is 6.61 Å². The number of benzene rings is 1. The normalized spacial score (nSPS) is 12.6. The van der Waals surface area contributed by atoms with Crippen LogP contribution >= 0.6 is 0 Å². The number of ether oxygens (including phenoxy) is 3. The van der Waals surface area contributed by atoms with Gasteiger partial charge in [0.25, 0.3) is 0 Å². The zero-order valence-electron chi connectivity index (χ0n) is 12.3. The molecule has 1 aromatic rings. The smallest absolute Gasteiger partial charge is 0.429 e. The molecule has 0 saturated carbocycles. The summed E-state index contributed by atoms with van der Waals surface area (Å²) in [5.41, 5.74) is 0.487. The molecule has 1 rings (SSSR count). The van der Waals surface area contributed by atoms with Crippen LogP contribution in [0.4, 0.5) is 4.79 Å². The Labute approximate surface area is 120 Å². The summed E-state index contributed by atoms with van der Waals surface area (Å²) in [5, 5.41) is 0. The highest BCUT2D eigenvalue weighted by atomic mass is 16.7. The maximum absolute atomic E-state index is 11.5. The zero-order chi connectivity index (χ0) is 15.0. The maximum Gasteiger partial charge on any atom is 0.509 e. The SMILES string of the molecule is C=CC(COCc1ccccc1)OC(=O)OC(C)(C)C. The molecule has 1 atom stereocenters. The van der Waals surface area contributed by atoms with Crippen molar-refractivity contribution in [1.29, 1.82) is 0 Å². The van der Waals surface area contributed by atoms with Crippen LogP contribution in [-0.4, -0.2) is 24.5 Å². The van der Waals surface area contributed by atoms with Gasteiger partial charge in [0.15, 0.2) is 0 Å². The predicted molar refractivity (Wildman–Crippen MR) is 77.4 cm³/mol. The molecule has 20 heavy (non-hydrogen) atoms. The first kappa shape index (κ1) is 16.2. The van der Waals surface area contributed by atoms with E-state index < -0.39 is 17.9 Å². The number of rotatable bonds is 6. The van der Waals surface area contributed by atoms with Gasteiger partial charge in [-0.2, -0.15) is 0 Å². The minimum atomic E-state index is -0.717. The molecule has 0 amide bonds. The van der Waals surface area contributed by atoms with E-state index in [1.165, 1.54) is 6.08 Å². The molecule has 0 heterocycles. The lowest BCUT2D eigenvalue weighted by Gasteiger charge is -2.21. The van der Waals surface area contributed by atoms with Crippen molar-refractivity contribution in [1.82, 2.24) is 0 Å². The topological polar surface area (TPSA) is 44.8 Å². The van der Waals surface area contributed by atoms with Gasteiger partial charge in [-0.25, -0.2) is 4.79 Å². The number of hydrogen-bond donors (Lipinski definition) is 0. The van der Waals surface area contributed by atoms with Crippen molar-refractivity contribution in [3.63, 3.8) is 0 Å². The van der Waals surface area contributed by atoms with Crippen LogP contribution in [0.15, 0.2) is 43.0 Å². The van der Waals surface area contributed by atoms with Crippen LogP contribution in [0.3, 0.4) is 0 Å². The van der Waals surface area contributed by atoms with E-state index in [0.717, 1.165) is 5.56 Å². The molecule has 0 aliphatic heterocycles. The van der Waals surface area contributed by atoms with Crippen LogP contribution in [0.5, 0.6) is 0 Å². The molecular formula is C16H22O4. The summed E-state index contributed by atoms with van der Waals surface area (Å²) < 4.78 is 15.7. The van der Waals surface area contributed by atoms with E-state index in [1.54, 1.807) is 20.8 Å². The third-order valence-electron chi connectivity index (χ3n) is 2.29. The van der Waals surface area contributed by atoms with Crippen LogP contribution in [0.2, 0.25) is 0 Å². The predicted octanol–water partition coefficient (Wildman–Crippen LogP) is 3.71. The molecule has 0 aliphatic rings. The van der Waals surface area contributed by atoms with E-state index in [1.807, 2.05) is 30.3 Å². The summed E-state index contributed by atoms with van der Waals surface area (Å²) in [5.74, 6) is 0. The minimum Gasteiger partial charge on any atom is -0.429 e. The summed E-state index contributed by atoms with van der Waals surface area (Å²) in [6.07, 6.45) is 0.286. The van der Waals surface area contributed by atoms with Crippen molar-refractivity contribution in [2.24, 2.45) is 0 Å². The Bertz CT molecular complexity index is 420. The van der Waals surface area contributed by atoms with E-state index in [2.05, 4.69) is 6.58 Å². The molecule has 110 valence electrons. The number of carbonyl (C=O) groups excluding carboxylic acids is 1. The van der Waals surface area contributed by atoms with Gasteiger partial charge in [0.2, 0.25) is 0 Å². The van der Waals surface area contributed by atoms with Gasteiger partial charge in [-0.15, -0.1) is 0 Å². The molecule has 0 aliphatic carbocycles. The Hall–Kier alpha value is -1.81. The molecule has 0 spiro atoms. The van der Waals surface area contributed by atoms with Crippen molar-refractivity contribution >= 4 is 6.16 Å². The third kappa shape index (κ3) is 6.95. The summed E-state index contributed by atoms with van der Waals surface area (Å²) in [4.78, 5) is 11.5. The molecule has 0 fully saturated rings. The molecule has 0 saturated heterocycles. The van der Waals surface area contributed by atoms with E-state index in [9.17, 15) is 4.79 Å². The molecule has 0 radical (unpaired) electrons. The van der Waals surface area contributed by atoms with E-state index in [4.69, 9.17) is 14.2 Å². The first-order valence-corrected chi connectivity index (χ1v) is 6.54. The highest BCUT2D eigenvalue weighted by Gasteiger charge is 2.20. The molecule has 1 aromatic carbocycles. The van der Waals surface area contributed by atoms with Gasteiger partial charge in [0, 0.05) is 0 Å². The number of carbonyl (C=O) groups is 1. The van der Waals surface area contributed by atoms with Gasteiger partial charge in [-0.05, 0) is 32.4 Å². The van der Waals surface area contributed by atoms with E-state index in [0.29, 0.717) is 6.61 Å². The second-order valence-corrected chi connectivity index (χ2v) is 5.36. The largest absolute Gasteiger partial charge is 0.509 e. The molecule has 0 N–H and O–H groups in total. The molecule has 0 bridgehead atoms. The van der Waals surface area contributed by atoms with Crippen LogP contribution < -0.4 is 0 Å². The summed E-state index contributed by atoms with van der Waals surface area (Å²) in [6, 6.07) is 9.78. The van der Waals surface area contributed by atoms with Crippen LogP contribution in [0.1, 0.15) is 26.3 Å². The van der Waals surface area contributed by atoms with Gasteiger partial charge in [0.1, 0.15) is 11.7 Å². The molecule has 0 aromatic heterocycles. The van der Waals surface area contributed by atoms with Crippen LogP contribution in [0.25, 0.3) is 0 Å².